The van der Waals surface area contributed by atoms with Crippen LogP contribution in [0.25, 0.3) is 0 Å². The van der Waals surface area contributed by atoms with Gasteiger partial charge in [-0.1, -0.05) is 38.3 Å². The second-order valence-corrected chi connectivity index (χ2v) is 7.44. The molecule has 0 amide bonds. The Morgan fingerprint density at radius 3 is 2.77 bits per heavy atom. The standard InChI is InChI=1S/C20H29NO/c1-2-14-10-11-16-18(13-14)21-19(15-7-4-3-5-8-15)17-9-6-12-22-20(16)17/h10-11,13,15,17,19-21H,2-9,12H2,1H3/t17-,19-,20+/m0/s1. The Hall–Kier alpha value is -1.02. The number of nitrogens with one attached hydrogen (secondary N) is 1. The van der Waals surface area contributed by atoms with E-state index >= 15 is 0 Å². The van der Waals surface area contributed by atoms with Crippen LogP contribution in [0.2, 0.25) is 0 Å². The lowest BCUT2D eigenvalue weighted by molar-refractivity contribution is -0.0458. The van der Waals surface area contributed by atoms with Crippen LogP contribution in [0.15, 0.2) is 18.2 Å². The van der Waals surface area contributed by atoms with Gasteiger partial charge >= 0.3 is 0 Å². The van der Waals surface area contributed by atoms with Crippen LogP contribution in [0.1, 0.15) is 69.1 Å². The number of hydrogen-bond acceptors (Lipinski definition) is 2. The first-order valence-electron chi connectivity index (χ1n) is 9.38. The normalized spacial score (nSPS) is 32.0. The van der Waals surface area contributed by atoms with E-state index < -0.39 is 0 Å². The minimum atomic E-state index is 0.336. The molecular weight excluding hydrogens is 270 g/mol. The lowest BCUT2D eigenvalue weighted by Gasteiger charge is -2.47. The zero-order valence-corrected chi connectivity index (χ0v) is 13.8. The van der Waals surface area contributed by atoms with Gasteiger partial charge < -0.3 is 10.1 Å². The van der Waals surface area contributed by atoms with Gasteiger partial charge in [-0.25, -0.2) is 0 Å². The van der Waals surface area contributed by atoms with E-state index in [1.165, 1.54) is 61.8 Å². The third-order valence-corrected chi connectivity index (χ3v) is 6.14. The minimum absolute atomic E-state index is 0.336. The Labute approximate surface area is 134 Å². The Morgan fingerprint density at radius 2 is 1.95 bits per heavy atom. The fourth-order valence-electron chi connectivity index (χ4n) is 4.94. The van der Waals surface area contributed by atoms with E-state index in [1.54, 1.807) is 0 Å². The summed E-state index contributed by atoms with van der Waals surface area (Å²) in [5.41, 5.74) is 4.20. The van der Waals surface area contributed by atoms with Gasteiger partial charge in [0.25, 0.3) is 0 Å². The van der Waals surface area contributed by atoms with E-state index in [0.717, 1.165) is 18.9 Å². The highest BCUT2D eigenvalue weighted by molar-refractivity contribution is 5.58. The highest BCUT2D eigenvalue weighted by atomic mass is 16.5. The number of fused-ring (bicyclic) bond motifs is 3. The van der Waals surface area contributed by atoms with Gasteiger partial charge in [0.15, 0.2) is 0 Å². The number of hydrogen-bond donors (Lipinski definition) is 1. The number of anilines is 1. The number of ether oxygens (including phenoxy) is 1. The summed E-state index contributed by atoms with van der Waals surface area (Å²) in [6.07, 6.45) is 11.1. The van der Waals surface area contributed by atoms with Crippen LogP contribution in [-0.4, -0.2) is 12.6 Å². The van der Waals surface area contributed by atoms with Gasteiger partial charge in [0.2, 0.25) is 0 Å². The molecule has 1 saturated carbocycles. The molecule has 1 aromatic rings. The van der Waals surface area contributed by atoms with Gasteiger partial charge in [-0.15, -0.1) is 0 Å². The zero-order chi connectivity index (χ0) is 14.9. The van der Waals surface area contributed by atoms with Crippen molar-refractivity contribution in [2.45, 2.75) is 70.4 Å². The molecular formula is C20H29NO. The molecule has 2 fully saturated rings. The maximum absolute atomic E-state index is 6.26. The SMILES string of the molecule is CCc1ccc2c(c1)N[C@@H](C1CCCCC1)[C@@H]1CCCO[C@H]21. The van der Waals surface area contributed by atoms with Crippen molar-refractivity contribution in [2.24, 2.45) is 11.8 Å². The predicted octanol–water partition coefficient (Wildman–Crippen LogP) is 5.09. The molecule has 3 atom stereocenters. The van der Waals surface area contributed by atoms with Gasteiger partial charge in [0, 0.05) is 29.8 Å². The van der Waals surface area contributed by atoms with Crippen molar-refractivity contribution in [1.29, 1.82) is 0 Å². The Kier molecular flexibility index (Phi) is 4.13. The molecule has 0 radical (unpaired) electrons. The van der Waals surface area contributed by atoms with E-state index in [2.05, 4.69) is 30.4 Å². The molecule has 22 heavy (non-hydrogen) atoms. The van der Waals surface area contributed by atoms with Crippen LogP contribution in [0.5, 0.6) is 0 Å². The highest BCUT2D eigenvalue weighted by Gasteiger charge is 2.42. The van der Waals surface area contributed by atoms with Gasteiger partial charge in [-0.05, 0) is 49.7 Å². The summed E-state index contributed by atoms with van der Waals surface area (Å²) in [4.78, 5) is 0. The first-order chi connectivity index (χ1) is 10.9. The molecule has 4 rings (SSSR count). The molecule has 1 aromatic carbocycles. The maximum Gasteiger partial charge on any atom is 0.0892 e. The number of aryl methyl sites for hydroxylation is 1. The molecule has 120 valence electrons. The van der Waals surface area contributed by atoms with Crippen LogP contribution < -0.4 is 5.32 Å². The highest BCUT2D eigenvalue weighted by Crippen LogP contribution is 2.47. The fraction of sp³-hybridized carbons (Fsp3) is 0.700. The Bertz CT molecular complexity index is 520. The van der Waals surface area contributed by atoms with Crippen molar-refractivity contribution in [3.05, 3.63) is 29.3 Å². The molecule has 2 nitrogen and oxygen atoms in total. The van der Waals surface area contributed by atoms with Crippen LogP contribution >= 0.6 is 0 Å². The van der Waals surface area contributed by atoms with Crippen LogP contribution in [-0.2, 0) is 11.2 Å². The molecule has 0 bridgehead atoms. The predicted molar refractivity (Wildman–Crippen MR) is 91.2 cm³/mol. The van der Waals surface area contributed by atoms with Gasteiger partial charge in [-0.2, -0.15) is 0 Å². The molecule has 2 aliphatic heterocycles. The molecule has 3 aliphatic rings. The van der Waals surface area contributed by atoms with Crippen molar-refractivity contribution in [3.8, 4) is 0 Å². The van der Waals surface area contributed by atoms with Crippen molar-refractivity contribution >= 4 is 5.69 Å². The maximum atomic E-state index is 6.26. The second-order valence-electron chi connectivity index (χ2n) is 7.44. The average molecular weight is 299 g/mol. The minimum Gasteiger partial charge on any atom is -0.381 e. The fourth-order valence-corrected chi connectivity index (χ4v) is 4.94. The molecule has 0 aromatic heterocycles. The smallest absolute Gasteiger partial charge is 0.0892 e. The zero-order valence-electron chi connectivity index (χ0n) is 13.8. The summed E-state index contributed by atoms with van der Waals surface area (Å²) in [5, 5.41) is 3.96. The second kappa shape index (κ2) is 6.23. The van der Waals surface area contributed by atoms with E-state index in [4.69, 9.17) is 4.74 Å². The average Bonchev–Trinajstić information content (AvgIpc) is 2.61. The lowest BCUT2D eigenvalue weighted by atomic mass is 9.71. The molecule has 1 aliphatic carbocycles. The van der Waals surface area contributed by atoms with Crippen molar-refractivity contribution in [1.82, 2.24) is 0 Å². The third kappa shape index (κ3) is 2.56. The Morgan fingerprint density at radius 1 is 1.09 bits per heavy atom. The first kappa shape index (κ1) is 14.6. The third-order valence-electron chi connectivity index (χ3n) is 6.14. The summed E-state index contributed by atoms with van der Waals surface area (Å²) >= 11 is 0. The summed E-state index contributed by atoms with van der Waals surface area (Å²) in [7, 11) is 0. The van der Waals surface area contributed by atoms with E-state index in [1.807, 2.05) is 0 Å². The van der Waals surface area contributed by atoms with Crippen molar-refractivity contribution in [3.63, 3.8) is 0 Å². The summed E-state index contributed by atoms with van der Waals surface area (Å²) in [6.45, 7) is 3.18. The monoisotopic (exact) mass is 299 g/mol. The number of rotatable bonds is 2. The lowest BCUT2D eigenvalue weighted by Crippen LogP contribution is -2.46. The van der Waals surface area contributed by atoms with Crippen LogP contribution in [0.4, 0.5) is 5.69 Å². The molecule has 0 spiro atoms. The van der Waals surface area contributed by atoms with E-state index in [9.17, 15) is 0 Å². The van der Waals surface area contributed by atoms with Gasteiger partial charge in [-0.3, -0.25) is 0 Å². The molecule has 1 N–H and O–H groups in total. The summed E-state index contributed by atoms with van der Waals surface area (Å²) in [5.74, 6) is 1.53. The molecule has 2 heterocycles. The van der Waals surface area contributed by atoms with E-state index in [-0.39, 0.29) is 0 Å². The summed E-state index contributed by atoms with van der Waals surface area (Å²) in [6, 6.07) is 7.61. The molecule has 0 unspecified atom stereocenters. The molecule has 2 heteroatoms. The van der Waals surface area contributed by atoms with E-state index in [0.29, 0.717) is 18.1 Å². The van der Waals surface area contributed by atoms with Crippen LogP contribution in [0, 0.1) is 11.8 Å². The first-order valence-corrected chi connectivity index (χ1v) is 9.38. The quantitative estimate of drug-likeness (QED) is 0.821. The van der Waals surface area contributed by atoms with Gasteiger partial charge in [0.05, 0.1) is 6.10 Å². The van der Waals surface area contributed by atoms with Crippen LogP contribution in [0.3, 0.4) is 0 Å². The number of benzene rings is 1. The topological polar surface area (TPSA) is 21.3 Å². The van der Waals surface area contributed by atoms with Crippen molar-refractivity contribution < 1.29 is 4.74 Å². The summed E-state index contributed by atoms with van der Waals surface area (Å²) < 4.78 is 6.26. The van der Waals surface area contributed by atoms with Gasteiger partial charge in [0.1, 0.15) is 0 Å². The molecule has 1 saturated heterocycles. The largest absolute Gasteiger partial charge is 0.381 e. The van der Waals surface area contributed by atoms with Crippen molar-refractivity contribution in [2.75, 3.05) is 11.9 Å². The Balaban J connectivity index is 1.67.